The van der Waals surface area contributed by atoms with Crippen LogP contribution in [0.5, 0.6) is 17.2 Å². The topological polar surface area (TPSA) is 54.0 Å². The van der Waals surface area contributed by atoms with Crippen LogP contribution in [0, 0.1) is 0 Å². The van der Waals surface area contributed by atoms with Crippen LogP contribution in [0.15, 0.2) is 48.2 Å². The Morgan fingerprint density at radius 1 is 0.833 bits per heavy atom. The number of ether oxygens (including phenoxy) is 4. The van der Waals surface area contributed by atoms with E-state index >= 15 is 0 Å². The lowest BCUT2D eigenvalue weighted by Crippen LogP contribution is -2.09. The fourth-order valence-electron chi connectivity index (χ4n) is 2.33. The van der Waals surface area contributed by atoms with E-state index in [-0.39, 0.29) is 11.5 Å². The van der Waals surface area contributed by atoms with E-state index in [4.69, 9.17) is 18.9 Å². The third kappa shape index (κ3) is 3.51. The Balaban J connectivity index is 2.50. The van der Waals surface area contributed by atoms with Gasteiger partial charge in [-0.3, -0.25) is 4.79 Å². The van der Waals surface area contributed by atoms with E-state index in [1.807, 2.05) is 30.3 Å². The summed E-state index contributed by atoms with van der Waals surface area (Å²) in [6.45, 7) is 0. The molecule has 0 aromatic heterocycles. The molecular formula is C19H20O5. The number of Topliss-reactive ketones (excluding diaryl/α,β-unsaturated/α-hetero) is 1. The van der Waals surface area contributed by atoms with Gasteiger partial charge in [-0.15, -0.1) is 0 Å². The van der Waals surface area contributed by atoms with Crippen LogP contribution in [0.4, 0.5) is 0 Å². The number of methoxy groups -OCH3 is 4. The summed E-state index contributed by atoms with van der Waals surface area (Å²) in [7, 11) is 5.95. The highest BCUT2D eigenvalue weighted by molar-refractivity contribution is 6.12. The first-order chi connectivity index (χ1) is 11.7. The molecule has 0 radical (unpaired) electrons. The van der Waals surface area contributed by atoms with Crippen molar-refractivity contribution in [3.63, 3.8) is 0 Å². The van der Waals surface area contributed by atoms with Crippen molar-refractivity contribution in [2.24, 2.45) is 0 Å². The predicted octanol–water partition coefficient (Wildman–Crippen LogP) is 3.58. The fourth-order valence-corrected chi connectivity index (χ4v) is 2.33. The van der Waals surface area contributed by atoms with Crippen LogP contribution in [-0.4, -0.2) is 34.2 Å². The van der Waals surface area contributed by atoms with Crippen LogP contribution in [-0.2, 0) is 4.74 Å². The number of hydrogen-bond donors (Lipinski definition) is 0. The van der Waals surface area contributed by atoms with E-state index in [0.29, 0.717) is 22.8 Å². The molecule has 2 aromatic carbocycles. The van der Waals surface area contributed by atoms with E-state index in [2.05, 4.69) is 0 Å². The predicted molar refractivity (Wildman–Crippen MR) is 91.9 cm³/mol. The molecule has 0 aliphatic heterocycles. The average Bonchev–Trinajstić information content (AvgIpc) is 2.64. The average molecular weight is 328 g/mol. The molecule has 5 heteroatoms. The molecule has 0 heterocycles. The summed E-state index contributed by atoms with van der Waals surface area (Å²) in [5, 5.41) is 0. The second-order valence-electron chi connectivity index (χ2n) is 4.83. The summed E-state index contributed by atoms with van der Waals surface area (Å²) in [4.78, 5) is 12.9. The zero-order valence-electron chi connectivity index (χ0n) is 14.2. The highest BCUT2D eigenvalue weighted by Gasteiger charge is 2.23. The van der Waals surface area contributed by atoms with Crippen LogP contribution >= 0.6 is 0 Å². The third-order valence-corrected chi connectivity index (χ3v) is 3.49. The van der Waals surface area contributed by atoms with E-state index in [1.165, 1.54) is 28.4 Å². The van der Waals surface area contributed by atoms with Crippen molar-refractivity contribution in [3.05, 3.63) is 59.4 Å². The Morgan fingerprint density at radius 3 is 2.04 bits per heavy atom. The molecular weight excluding hydrogens is 308 g/mol. The SMILES string of the molecule is COC(=Cc1ccccc1)C(=O)c1ccc(OC)c(OC)c1OC. The molecule has 2 rings (SSSR count). The van der Waals surface area contributed by atoms with Crippen LogP contribution in [0.25, 0.3) is 6.08 Å². The van der Waals surface area contributed by atoms with Crippen molar-refractivity contribution in [2.45, 2.75) is 0 Å². The van der Waals surface area contributed by atoms with Crippen molar-refractivity contribution >= 4 is 11.9 Å². The van der Waals surface area contributed by atoms with Gasteiger partial charge in [0.2, 0.25) is 11.5 Å². The molecule has 0 bridgehead atoms. The first-order valence-corrected chi connectivity index (χ1v) is 7.30. The van der Waals surface area contributed by atoms with Crippen LogP contribution < -0.4 is 14.2 Å². The van der Waals surface area contributed by atoms with Crippen LogP contribution in [0.3, 0.4) is 0 Å². The highest BCUT2D eigenvalue weighted by atomic mass is 16.5. The molecule has 0 unspecified atom stereocenters. The second-order valence-corrected chi connectivity index (χ2v) is 4.83. The zero-order valence-corrected chi connectivity index (χ0v) is 14.2. The fraction of sp³-hybridized carbons (Fsp3) is 0.211. The summed E-state index contributed by atoms with van der Waals surface area (Å²) in [6, 6.07) is 12.7. The van der Waals surface area contributed by atoms with Crippen molar-refractivity contribution in [3.8, 4) is 17.2 Å². The minimum atomic E-state index is -0.306. The quantitative estimate of drug-likeness (QED) is 0.442. The van der Waals surface area contributed by atoms with Gasteiger partial charge in [0.25, 0.3) is 0 Å². The number of allylic oxidation sites excluding steroid dienone is 1. The lowest BCUT2D eigenvalue weighted by Gasteiger charge is -2.15. The maximum absolute atomic E-state index is 12.9. The first kappa shape index (κ1) is 17.4. The van der Waals surface area contributed by atoms with Crippen LogP contribution in [0.2, 0.25) is 0 Å². The Kier molecular flexibility index (Phi) is 5.84. The summed E-state index contributed by atoms with van der Waals surface area (Å²) >= 11 is 0. The Morgan fingerprint density at radius 2 is 1.50 bits per heavy atom. The lowest BCUT2D eigenvalue weighted by molar-refractivity contribution is 0.0953. The molecule has 0 saturated heterocycles. The van der Waals surface area contributed by atoms with Gasteiger partial charge >= 0.3 is 0 Å². The van der Waals surface area contributed by atoms with Crippen molar-refractivity contribution in [1.29, 1.82) is 0 Å². The van der Waals surface area contributed by atoms with Gasteiger partial charge in [0.05, 0.1) is 34.0 Å². The normalized spacial score (nSPS) is 10.9. The summed E-state index contributed by atoms with van der Waals surface area (Å²) in [5.41, 5.74) is 1.20. The largest absolute Gasteiger partial charge is 0.493 e. The molecule has 0 atom stereocenters. The van der Waals surface area contributed by atoms with Gasteiger partial charge in [0.1, 0.15) is 0 Å². The molecule has 0 spiro atoms. The number of hydrogen-bond acceptors (Lipinski definition) is 5. The van der Waals surface area contributed by atoms with Crippen molar-refractivity contribution in [2.75, 3.05) is 28.4 Å². The van der Waals surface area contributed by atoms with E-state index in [1.54, 1.807) is 18.2 Å². The van der Waals surface area contributed by atoms with Gasteiger partial charge in [-0.2, -0.15) is 0 Å². The molecule has 0 aliphatic rings. The van der Waals surface area contributed by atoms with E-state index < -0.39 is 0 Å². The molecule has 0 fully saturated rings. The lowest BCUT2D eigenvalue weighted by atomic mass is 10.0. The molecule has 0 saturated carbocycles. The highest BCUT2D eigenvalue weighted by Crippen LogP contribution is 2.40. The standard InChI is InChI=1S/C19H20O5/c1-21-15-11-10-14(18(23-3)19(15)24-4)17(20)16(22-2)12-13-8-6-5-7-9-13/h5-12H,1-4H3. The molecule has 5 nitrogen and oxygen atoms in total. The van der Waals surface area contributed by atoms with E-state index in [9.17, 15) is 4.79 Å². The first-order valence-electron chi connectivity index (χ1n) is 7.30. The summed E-state index contributed by atoms with van der Waals surface area (Å²) in [5.74, 6) is 1.04. The summed E-state index contributed by atoms with van der Waals surface area (Å²) in [6.07, 6.45) is 1.68. The van der Waals surface area contributed by atoms with Gasteiger partial charge < -0.3 is 18.9 Å². The number of carbonyl (C=O) groups excluding carboxylic acids is 1. The molecule has 2 aromatic rings. The zero-order chi connectivity index (χ0) is 17.5. The molecule has 24 heavy (non-hydrogen) atoms. The van der Waals surface area contributed by atoms with E-state index in [0.717, 1.165) is 5.56 Å². The number of ketones is 1. The Bertz CT molecular complexity index is 735. The number of benzene rings is 2. The molecule has 0 N–H and O–H groups in total. The van der Waals surface area contributed by atoms with Crippen molar-refractivity contribution < 1.29 is 23.7 Å². The molecule has 126 valence electrons. The second kappa shape index (κ2) is 8.06. The monoisotopic (exact) mass is 328 g/mol. The van der Waals surface area contributed by atoms with Gasteiger partial charge in [-0.05, 0) is 23.8 Å². The molecule has 0 aliphatic carbocycles. The maximum atomic E-state index is 12.9. The minimum Gasteiger partial charge on any atom is -0.493 e. The van der Waals surface area contributed by atoms with Gasteiger partial charge in [0.15, 0.2) is 17.3 Å². The Hall–Kier alpha value is -2.95. The van der Waals surface area contributed by atoms with Gasteiger partial charge in [-0.1, -0.05) is 30.3 Å². The van der Waals surface area contributed by atoms with Crippen LogP contribution in [0.1, 0.15) is 15.9 Å². The Labute approximate surface area is 141 Å². The minimum absolute atomic E-state index is 0.201. The maximum Gasteiger partial charge on any atom is 0.231 e. The van der Waals surface area contributed by atoms with Crippen molar-refractivity contribution in [1.82, 2.24) is 0 Å². The molecule has 0 amide bonds. The smallest absolute Gasteiger partial charge is 0.231 e. The van der Waals surface area contributed by atoms with Gasteiger partial charge in [-0.25, -0.2) is 0 Å². The summed E-state index contributed by atoms with van der Waals surface area (Å²) < 4.78 is 21.2. The number of carbonyl (C=O) groups is 1. The third-order valence-electron chi connectivity index (χ3n) is 3.49. The van der Waals surface area contributed by atoms with Gasteiger partial charge in [0, 0.05) is 0 Å². The number of rotatable bonds is 7.